The van der Waals surface area contributed by atoms with Gasteiger partial charge < -0.3 is 49.0 Å². The van der Waals surface area contributed by atoms with E-state index in [2.05, 4.69) is 22.8 Å². The van der Waals surface area contributed by atoms with Crippen molar-refractivity contribution in [1.82, 2.24) is 0 Å². The largest absolute Gasteiger partial charge is 0.470 e. The Balaban J connectivity index is 3.34. The molecule has 1 rings (SSSR count). The maximum absolute atomic E-state index is 11.1. The van der Waals surface area contributed by atoms with Gasteiger partial charge in [-0.05, 0) is 0 Å². The van der Waals surface area contributed by atoms with Crippen molar-refractivity contribution in [2.45, 2.75) is 30.7 Å². The van der Waals surface area contributed by atoms with Gasteiger partial charge in [0.2, 0.25) is 0 Å². The Morgan fingerprint density at radius 3 is 1.43 bits per heavy atom. The van der Waals surface area contributed by atoms with E-state index in [0.29, 0.717) is 0 Å². The SMILES string of the molecule is O=P(O)(O)OC[C@H]1O[C@H](O)[C@@H](OP(=O)(O)O)[C@@H](OP(=O)(O)O)[C@@H]1OP(=O)(O)O. The van der Waals surface area contributed by atoms with Crippen molar-refractivity contribution in [1.29, 1.82) is 0 Å². The zero-order valence-corrected chi connectivity index (χ0v) is 16.7. The smallest absolute Gasteiger partial charge is 0.366 e. The van der Waals surface area contributed by atoms with Crippen LogP contribution in [0.25, 0.3) is 0 Å². The molecular formula is C6H16O18P4. The third-order valence-corrected chi connectivity index (χ3v) is 4.83. The number of phosphoric ester groups is 4. The molecule has 0 saturated carbocycles. The van der Waals surface area contributed by atoms with Gasteiger partial charge in [-0.3, -0.25) is 18.1 Å². The second-order valence-corrected chi connectivity index (χ2v) is 9.85. The van der Waals surface area contributed by atoms with Crippen LogP contribution in [0.4, 0.5) is 0 Å². The minimum atomic E-state index is -5.57. The van der Waals surface area contributed by atoms with Crippen LogP contribution in [0, 0.1) is 0 Å². The number of rotatable bonds is 9. The average Bonchev–Trinajstić information content (AvgIpc) is 2.39. The predicted octanol–water partition coefficient (Wildman–Crippen LogP) is -2.75. The van der Waals surface area contributed by atoms with Crippen LogP contribution >= 0.6 is 31.3 Å². The molecule has 0 unspecified atom stereocenters. The molecule has 5 atom stereocenters. The van der Waals surface area contributed by atoms with Crippen LogP contribution in [0.15, 0.2) is 0 Å². The molecule has 1 fully saturated rings. The Labute approximate surface area is 154 Å². The molecule has 18 nitrogen and oxygen atoms in total. The van der Waals surface area contributed by atoms with Gasteiger partial charge in [0.1, 0.15) is 24.4 Å². The Bertz CT molecular complexity index is 712. The lowest BCUT2D eigenvalue weighted by Gasteiger charge is -2.43. The van der Waals surface area contributed by atoms with E-state index in [4.69, 9.17) is 39.1 Å². The van der Waals surface area contributed by atoms with E-state index >= 15 is 0 Å². The fraction of sp³-hybridized carbons (Fsp3) is 1.00. The van der Waals surface area contributed by atoms with Crippen LogP contribution in [0.3, 0.4) is 0 Å². The first-order valence-electron chi connectivity index (χ1n) is 6.53. The molecule has 9 N–H and O–H groups in total. The van der Waals surface area contributed by atoms with Crippen molar-refractivity contribution < 1.29 is 85.3 Å². The summed E-state index contributed by atoms with van der Waals surface area (Å²) in [6.45, 7) is -1.27. The van der Waals surface area contributed by atoms with E-state index in [1.165, 1.54) is 0 Å². The topological polar surface area (TPSA) is 296 Å². The molecule has 1 heterocycles. The minimum absolute atomic E-state index is 1.27. The highest BCUT2D eigenvalue weighted by Crippen LogP contribution is 2.50. The van der Waals surface area contributed by atoms with Gasteiger partial charge in [-0.1, -0.05) is 0 Å². The third-order valence-electron chi connectivity index (χ3n) is 2.79. The van der Waals surface area contributed by atoms with E-state index in [0.717, 1.165) is 0 Å². The first-order chi connectivity index (χ1) is 12.3. The van der Waals surface area contributed by atoms with E-state index in [1.807, 2.05) is 0 Å². The Morgan fingerprint density at radius 2 is 1.04 bits per heavy atom. The highest BCUT2D eigenvalue weighted by atomic mass is 31.2. The maximum Gasteiger partial charge on any atom is 0.470 e. The number of hydrogen-bond donors (Lipinski definition) is 9. The summed E-state index contributed by atoms with van der Waals surface area (Å²) in [4.78, 5) is 70.9. The van der Waals surface area contributed by atoms with Gasteiger partial charge in [-0.25, -0.2) is 18.3 Å². The number of aliphatic hydroxyl groups is 1. The molecule has 0 radical (unpaired) electrons. The summed E-state index contributed by atoms with van der Waals surface area (Å²) in [6.07, 6.45) is -11.9. The second-order valence-electron chi connectivity index (χ2n) is 5.03. The second kappa shape index (κ2) is 9.24. The Morgan fingerprint density at radius 1 is 0.643 bits per heavy atom. The molecule has 0 aromatic rings. The monoisotopic (exact) mass is 500 g/mol. The van der Waals surface area contributed by atoms with E-state index in [-0.39, 0.29) is 0 Å². The Hall–Kier alpha value is 0.360. The molecule has 0 bridgehead atoms. The van der Waals surface area contributed by atoms with Gasteiger partial charge in [0.25, 0.3) is 0 Å². The molecule has 0 aromatic heterocycles. The summed E-state index contributed by atoms with van der Waals surface area (Å²) in [5.74, 6) is 0. The fourth-order valence-electron chi connectivity index (χ4n) is 2.03. The lowest BCUT2D eigenvalue weighted by Crippen LogP contribution is -2.60. The van der Waals surface area contributed by atoms with Crippen LogP contribution in [0.5, 0.6) is 0 Å². The maximum atomic E-state index is 11.1. The normalized spacial score (nSPS) is 30.4. The third kappa shape index (κ3) is 9.91. The molecule has 1 aliphatic rings. The number of aliphatic hydroxyl groups excluding tert-OH is 1. The van der Waals surface area contributed by atoms with Gasteiger partial charge in [0, 0.05) is 0 Å². The molecule has 1 saturated heterocycles. The van der Waals surface area contributed by atoms with E-state index in [1.54, 1.807) is 0 Å². The van der Waals surface area contributed by atoms with Crippen LogP contribution in [-0.4, -0.2) is 81.6 Å². The van der Waals surface area contributed by atoms with Crippen molar-refractivity contribution in [3.63, 3.8) is 0 Å². The zero-order chi connectivity index (χ0) is 22.1. The van der Waals surface area contributed by atoms with E-state index in [9.17, 15) is 23.4 Å². The van der Waals surface area contributed by atoms with Crippen LogP contribution in [0.1, 0.15) is 0 Å². The average molecular weight is 500 g/mol. The molecule has 0 aliphatic carbocycles. The lowest BCUT2D eigenvalue weighted by molar-refractivity contribution is -0.276. The highest BCUT2D eigenvalue weighted by molar-refractivity contribution is 7.47. The van der Waals surface area contributed by atoms with Gasteiger partial charge >= 0.3 is 31.3 Å². The molecule has 22 heteroatoms. The molecule has 0 spiro atoms. The van der Waals surface area contributed by atoms with Crippen molar-refractivity contribution in [3.05, 3.63) is 0 Å². The van der Waals surface area contributed by atoms with Gasteiger partial charge in [0.15, 0.2) is 6.29 Å². The number of ether oxygens (including phenoxy) is 1. The molecule has 28 heavy (non-hydrogen) atoms. The lowest BCUT2D eigenvalue weighted by atomic mass is 9.99. The van der Waals surface area contributed by atoms with Crippen LogP contribution in [0.2, 0.25) is 0 Å². The molecule has 1 aliphatic heterocycles. The number of phosphoric acid groups is 4. The summed E-state index contributed by atoms with van der Waals surface area (Å²) < 4.78 is 65.2. The summed E-state index contributed by atoms with van der Waals surface area (Å²) in [6, 6.07) is 0. The molecule has 0 aromatic carbocycles. The van der Waals surface area contributed by atoms with Crippen molar-refractivity contribution in [2.24, 2.45) is 0 Å². The van der Waals surface area contributed by atoms with Crippen molar-refractivity contribution in [3.8, 4) is 0 Å². The highest BCUT2D eigenvalue weighted by Gasteiger charge is 2.54. The summed E-state index contributed by atoms with van der Waals surface area (Å²) in [7, 11) is -21.8. The summed E-state index contributed by atoms with van der Waals surface area (Å²) in [5, 5.41) is 9.79. The van der Waals surface area contributed by atoms with Crippen molar-refractivity contribution in [2.75, 3.05) is 6.61 Å². The zero-order valence-electron chi connectivity index (χ0n) is 13.1. The standard InChI is InChI=1S/C6H16O18P4/c7-6-5(24-28(17,18)19)4(23-27(14,15)16)3(22-26(11,12)13)2(21-6)1-20-25(8,9)10/h2-7H,1H2,(H2,8,9,10)(H2,11,12,13)(H2,14,15,16)(H2,17,18,19)/t2-,3-,4+,5+,6+/m1/s1. The molecule has 0 amide bonds. The van der Waals surface area contributed by atoms with Crippen molar-refractivity contribution >= 4 is 31.3 Å². The Kier molecular flexibility index (Phi) is 8.71. The summed E-state index contributed by atoms with van der Waals surface area (Å²) in [5.41, 5.74) is 0. The van der Waals surface area contributed by atoms with Crippen LogP contribution in [-0.2, 0) is 41.1 Å². The van der Waals surface area contributed by atoms with Gasteiger partial charge in [-0.2, -0.15) is 0 Å². The minimum Gasteiger partial charge on any atom is -0.366 e. The first kappa shape index (κ1) is 26.4. The fourth-order valence-corrected chi connectivity index (χ4v) is 4.05. The predicted molar refractivity (Wildman–Crippen MR) is 79.6 cm³/mol. The van der Waals surface area contributed by atoms with Gasteiger partial charge in [0.05, 0.1) is 6.61 Å². The molecular weight excluding hydrogens is 484 g/mol. The quantitative estimate of drug-likeness (QED) is 0.145. The number of hydrogen-bond acceptors (Lipinski definition) is 10. The van der Waals surface area contributed by atoms with E-state index < -0.39 is 68.6 Å². The first-order valence-corrected chi connectivity index (χ1v) is 12.6. The van der Waals surface area contributed by atoms with Crippen LogP contribution < -0.4 is 0 Å². The summed E-state index contributed by atoms with van der Waals surface area (Å²) >= 11 is 0. The molecule has 168 valence electrons. The van der Waals surface area contributed by atoms with Gasteiger partial charge in [-0.15, -0.1) is 0 Å².